The minimum atomic E-state index is -0.735. The number of hydrogen-bond donors (Lipinski definition) is 3. The molecule has 2 aromatic carbocycles. The van der Waals surface area contributed by atoms with Gasteiger partial charge >= 0.3 is 5.97 Å². The van der Waals surface area contributed by atoms with Crippen LogP contribution in [0.3, 0.4) is 0 Å². The Morgan fingerprint density at radius 3 is 2.03 bits per heavy atom. The number of carboxylic acids is 1. The standard InChI is InChI=1S/C28H33N3O3/c1-18-9-13-20(14-10-18)25-26(21-15-11-19(2)12-16-21)31-28-27(30-25)23(32)17-22(29-28)7-5-3-4-6-8-24(33)34/h9-16,22-23,32H,3-8,17H2,1-2H3,(H,29,31)(H,33,34). The number of nitrogens with one attached hydrogen (secondary N) is 1. The van der Waals surface area contributed by atoms with Crippen LogP contribution in [0, 0.1) is 13.8 Å². The Morgan fingerprint density at radius 2 is 1.44 bits per heavy atom. The molecule has 1 aliphatic heterocycles. The first-order chi connectivity index (χ1) is 16.4. The molecule has 6 nitrogen and oxygen atoms in total. The van der Waals surface area contributed by atoms with Gasteiger partial charge in [-0.15, -0.1) is 0 Å². The van der Waals surface area contributed by atoms with Crippen molar-refractivity contribution in [2.24, 2.45) is 0 Å². The SMILES string of the molecule is Cc1ccc(-c2nc3c(nc2-c2ccc(C)cc2)C(O)CC(CCCCCCC(=O)O)N3)cc1. The van der Waals surface area contributed by atoms with E-state index in [1.807, 2.05) is 0 Å². The lowest BCUT2D eigenvalue weighted by Crippen LogP contribution is -2.30. The van der Waals surface area contributed by atoms with Crippen LogP contribution in [0.1, 0.15) is 67.9 Å². The Hall–Kier alpha value is -3.25. The number of rotatable bonds is 9. The first-order valence-electron chi connectivity index (χ1n) is 12.1. The molecule has 0 amide bonds. The van der Waals surface area contributed by atoms with Crippen molar-refractivity contribution in [3.05, 3.63) is 65.4 Å². The van der Waals surface area contributed by atoms with Gasteiger partial charge in [0.15, 0.2) is 5.82 Å². The van der Waals surface area contributed by atoms with E-state index in [2.05, 4.69) is 67.7 Å². The highest BCUT2D eigenvalue weighted by molar-refractivity contribution is 5.79. The molecule has 4 rings (SSSR count). The molecule has 2 heterocycles. The Bertz CT molecular complexity index is 1130. The highest BCUT2D eigenvalue weighted by atomic mass is 16.4. The average molecular weight is 460 g/mol. The third-order valence-corrected chi connectivity index (χ3v) is 6.43. The predicted octanol–water partition coefficient (Wildman–Crippen LogP) is 6.07. The fraction of sp³-hybridized carbons (Fsp3) is 0.393. The third-order valence-electron chi connectivity index (χ3n) is 6.43. The molecule has 0 saturated carbocycles. The summed E-state index contributed by atoms with van der Waals surface area (Å²) in [6.07, 6.45) is 4.66. The Morgan fingerprint density at radius 1 is 0.882 bits per heavy atom. The fourth-order valence-corrected chi connectivity index (χ4v) is 4.46. The van der Waals surface area contributed by atoms with Crippen LogP contribution in [0.2, 0.25) is 0 Å². The van der Waals surface area contributed by atoms with Crippen molar-refractivity contribution in [2.45, 2.75) is 70.9 Å². The van der Waals surface area contributed by atoms with Gasteiger partial charge in [0.2, 0.25) is 0 Å². The van der Waals surface area contributed by atoms with Gasteiger partial charge in [0.05, 0.1) is 11.4 Å². The summed E-state index contributed by atoms with van der Waals surface area (Å²) in [6.45, 7) is 4.12. The summed E-state index contributed by atoms with van der Waals surface area (Å²) in [6, 6.07) is 16.6. The Labute approximate surface area is 201 Å². The summed E-state index contributed by atoms with van der Waals surface area (Å²) < 4.78 is 0. The van der Waals surface area contributed by atoms with Crippen LogP contribution >= 0.6 is 0 Å². The number of aryl methyl sites for hydroxylation is 2. The number of nitrogens with zero attached hydrogens (tertiary/aromatic N) is 2. The van der Waals surface area contributed by atoms with Gasteiger partial charge in [-0.2, -0.15) is 0 Å². The van der Waals surface area contributed by atoms with Gasteiger partial charge in [0.1, 0.15) is 11.8 Å². The van der Waals surface area contributed by atoms with Gasteiger partial charge in [-0.3, -0.25) is 4.79 Å². The summed E-state index contributed by atoms with van der Waals surface area (Å²) in [7, 11) is 0. The molecule has 2 atom stereocenters. The van der Waals surface area contributed by atoms with E-state index in [0.717, 1.165) is 48.2 Å². The van der Waals surface area contributed by atoms with Gasteiger partial charge in [0.25, 0.3) is 0 Å². The molecule has 1 aliphatic rings. The van der Waals surface area contributed by atoms with Crippen LogP contribution in [0.25, 0.3) is 22.5 Å². The molecule has 178 valence electrons. The molecule has 6 heteroatoms. The van der Waals surface area contributed by atoms with Gasteiger partial charge < -0.3 is 15.5 Å². The van der Waals surface area contributed by atoms with E-state index < -0.39 is 12.1 Å². The summed E-state index contributed by atoms with van der Waals surface area (Å²) in [5.74, 6) is -0.0808. The van der Waals surface area contributed by atoms with Crippen molar-refractivity contribution >= 4 is 11.8 Å². The predicted molar refractivity (Wildman–Crippen MR) is 135 cm³/mol. The first kappa shape index (κ1) is 23.9. The number of unbranched alkanes of at least 4 members (excludes halogenated alkanes) is 3. The number of aromatic nitrogens is 2. The zero-order chi connectivity index (χ0) is 24.1. The maximum atomic E-state index is 10.9. The van der Waals surface area contributed by atoms with Crippen molar-refractivity contribution in [3.63, 3.8) is 0 Å². The molecule has 0 bridgehead atoms. The normalized spacial score (nSPS) is 17.1. The molecule has 3 aromatic rings. The van der Waals surface area contributed by atoms with E-state index in [0.29, 0.717) is 24.4 Å². The van der Waals surface area contributed by atoms with Gasteiger partial charge in [-0.25, -0.2) is 9.97 Å². The molecule has 3 N–H and O–H groups in total. The first-order valence-corrected chi connectivity index (χ1v) is 12.1. The topological polar surface area (TPSA) is 95.3 Å². The third kappa shape index (κ3) is 5.81. The minimum Gasteiger partial charge on any atom is -0.481 e. The number of fused-ring (bicyclic) bond motifs is 1. The summed E-state index contributed by atoms with van der Waals surface area (Å²) in [5, 5.41) is 23.2. The molecular weight excluding hydrogens is 426 g/mol. The van der Waals surface area contributed by atoms with E-state index in [1.165, 1.54) is 11.1 Å². The number of hydrogen-bond acceptors (Lipinski definition) is 5. The maximum absolute atomic E-state index is 10.9. The molecular formula is C28H33N3O3. The zero-order valence-corrected chi connectivity index (χ0v) is 19.9. The summed E-state index contributed by atoms with van der Waals surface area (Å²) >= 11 is 0. The zero-order valence-electron chi connectivity index (χ0n) is 19.9. The monoisotopic (exact) mass is 459 g/mol. The quantitative estimate of drug-likeness (QED) is 0.336. The smallest absolute Gasteiger partial charge is 0.303 e. The van der Waals surface area contributed by atoms with Crippen LogP contribution in [0.4, 0.5) is 5.82 Å². The van der Waals surface area contributed by atoms with Gasteiger partial charge in [-0.05, 0) is 33.1 Å². The number of aliphatic hydroxyl groups is 1. The van der Waals surface area contributed by atoms with E-state index in [9.17, 15) is 9.90 Å². The van der Waals surface area contributed by atoms with Crippen LogP contribution in [0.5, 0.6) is 0 Å². The van der Waals surface area contributed by atoms with Gasteiger partial charge in [-0.1, -0.05) is 78.9 Å². The van der Waals surface area contributed by atoms with E-state index in [1.54, 1.807) is 0 Å². The van der Waals surface area contributed by atoms with Crippen LogP contribution < -0.4 is 5.32 Å². The number of carboxylic acid groups (broad SMARTS) is 1. The summed E-state index contributed by atoms with van der Waals surface area (Å²) in [4.78, 5) is 20.6. The van der Waals surface area contributed by atoms with Crippen molar-refractivity contribution in [1.29, 1.82) is 0 Å². The van der Waals surface area contributed by atoms with E-state index in [4.69, 9.17) is 15.1 Å². The highest BCUT2D eigenvalue weighted by Crippen LogP contribution is 2.37. The second-order valence-electron chi connectivity index (χ2n) is 9.33. The Kier molecular flexibility index (Phi) is 7.58. The molecule has 0 saturated heterocycles. The number of anilines is 1. The largest absolute Gasteiger partial charge is 0.481 e. The molecule has 2 unspecified atom stereocenters. The Balaban J connectivity index is 1.58. The van der Waals surface area contributed by atoms with Crippen LogP contribution in [-0.4, -0.2) is 32.2 Å². The minimum absolute atomic E-state index is 0.118. The number of benzene rings is 2. The van der Waals surface area contributed by atoms with Crippen molar-refractivity contribution in [3.8, 4) is 22.5 Å². The molecule has 34 heavy (non-hydrogen) atoms. The van der Waals surface area contributed by atoms with Crippen molar-refractivity contribution in [2.75, 3.05) is 5.32 Å². The molecule has 1 aromatic heterocycles. The molecule has 0 radical (unpaired) electrons. The second kappa shape index (κ2) is 10.8. The molecule has 0 spiro atoms. The molecule has 0 aliphatic carbocycles. The van der Waals surface area contributed by atoms with Crippen molar-refractivity contribution in [1.82, 2.24) is 9.97 Å². The van der Waals surface area contributed by atoms with Crippen LogP contribution in [0.15, 0.2) is 48.5 Å². The van der Waals surface area contributed by atoms with E-state index >= 15 is 0 Å². The number of aliphatic carboxylic acids is 1. The fourth-order valence-electron chi connectivity index (χ4n) is 4.46. The lowest BCUT2D eigenvalue weighted by molar-refractivity contribution is -0.137. The van der Waals surface area contributed by atoms with E-state index in [-0.39, 0.29) is 12.5 Å². The maximum Gasteiger partial charge on any atom is 0.303 e. The summed E-state index contributed by atoms with van der Waals surface area (Å²) in [5.41, 5.74) is 6.52. The van der Waals surface area contributed by atoms with Gasteiger partial charge in [0, 0.05) is 23.6 Å². The number of carbonyl (C=O) groups is 1. The number of aliphatic hydroxyl groups excluding tert-OH is 1. The average Bonchev–Trinajstić information content (AvgIpc) is 2.81. The second-order valence-corrected chi connectivity index (χ2v) is 9.33. The van der Waals surface area contributed by atoms with Crippen LogP contribution in [-0.2, 0) is 4.79 Å². The lowest BCUT2D eigenvalue weighted by atomic mass is 9.95. The lowest BCUT2D eigenvalue weighted by Gasteiger charge is -2.30. The molecule has 0 fully saturated rings. The van der Waals surface area contributed by atoms with Crippen molar-refractivity contribution < 1.29 is 15.0 Å². The highest BCUT2D eigenvalue weighted by Gasteiger charge is 2.29.